The molecule has 27 heavy (non-hydrogen) atoms. The van der Waals surface area contributed by atoms with Crippen molar-refractivity contribution in [3.8, 4) is 11.5 Å². The first-order valence-corrected chi connectivity index (χ1v) is 9.71. The average Bonchev–Trinajstić information content (AvgIpc) is 2.69. The molecule has 0 fully saturated rings. The Balaban J connectivity index is 1.33. The first-order valence-electron chi connectivity index (χ1n) is 9.71. The molecule has 0 saturated carbocycles. The van der Waals surface area contributed by atoms with E-state index in [0.29, 0.717) is 19.6 Å². The van der Waals surface area contributed by atoms with Gasteiger partial charge in [0.05, 0.1) is 19.3 Å². The van der Waals surface area contributed by atoms with Crippen LogP contribution in [0.2, 0.25) is 0 Å². The van der Waals surface area contributed by atoms with E-state index in [1.807, 2.05) is 42.5 Å². The lowest BCUT2D eigenvalue weighted by Gasteiger charge is -2.13. The van der Waals surface area contributed by atoms with E-state index < -0.39 is 0 Å². The highest BCUT2D eigenvalue weighted by Gasteiger charge is 2.06. The Kier molecular flexibility index (Phi) is 7.11. The van der Waals surface area contributed by atoms with Crippen molar-refractivity contribution in [1.82, 2.24) is 0 Å². The molecule has 3 aromatic rings. The number of hydrogen-bond donors (Lipinski definition) is 1. The number of fused-ring (bicyclic) bond motifs is 1. The molecule has 0 radical (unpaired) electrons. The van der Waals surface area contributed by atoms with Crippen LogP contribution >= 0.6 is 0 Å². The Labute approximate surface area is 161 Å². The molecular weight excluding hydrogens is 336 g/mol. The molecule has 3 rings (SSSR count). The molecule has 1 unspecified atom stereocenters. The quantitative estimate of drug-likeness (QED) is 0.481. The molecule has 0 aliphatic heterocycles. The highest BCUT2D eigenvalue weighted by atomic mass is 16.5. The molecular formula is C24H28O3. The van der Waals surface area contributed by atoms with E-state index in [0.717, 1.165) is 41.7 Å². The Morgan fingerprint density at radius 1 is 0.741 bits per heavy atom. The lowest BCUT2D eigenvalue weighted by atomic mass is 10.1. The molecule has 3 heteroatoms. The first kappa shape index (κ1) is 19.2. The zero-order chi connectivity index (χ0) is 18.9. The van der Waals surface area contributed by atoms with Gasteiger partial charge in [0.1, 0.15) is 11.5 Å². The predicted octanol–water partition coefficient (Wildman–Crippen LogP) is 5.53. The molecule has 0 aromatic heterocycles. The highest BCUT2D eigenvalue weighted by Crippen LogP contribution is 2.25. The molecule has 0 spiro atoms. The SMILES string of the molecule is Cc1ccccc1OCCCCC(O)CCOc1cccc2ccccc12. The molecule has 3 aromatic carbocycles. The fourth-order valence-corrected chi connectivity index (χ4v) is 3.15. The van der Waals surface area contributed by atoms with Crippen molar-refractivity contribution in [2.75, 3.05) is 13.2 Å². The van der Waals surface area contributed by atoms with Crippen LogP contribution in [0, 0.1) is 6.92 Å². The van der Waals surface area contributed by atoms with Crippen molar-refractivity contribution in [3.05, 3.63) is 72.3 Å². The molecule has 0 aliphatic rings. The maximum atomic E-state index is 10.2. The summed E-state index contributed by atoms with van der Waals surface area (Å²) in [6.07, 6.45) is 2.97. The first-order chi connectivity index (χ1) is 13.2. The zero-order valence-electron chi connectivity index (χ0n) is 15.9. The fraction of sp³-hybridized carbons (Fsp3) is 0.333. The number of aliphatic hydroxyl groups excluding tert-OH is 1. The van der Waals surface area contributed by atoms with Gasteiger partial charge in [-0.3, -0.25) is 0 Å². The van der Waals surface area contributed by atoms with E-state index in [1.165, 1.54) is 5.39 Å². The maximum absolute atomic E-state index is 10.2. The number of rotatable bonds is 10. The summed E-state index contributed by atoms with van der Waals surface area (Å²) in [7, 11) is 0. The summed E-state index contributed by atoms with van der Waals surface area (Å²) < 4.78 is 11.7. The minimum atomic E-state index is -0.335. The van der Waals surface area contributed by atoms with Crippen molar-refractivity contribution in [2.24, 2.45) is 0 Å². The Morgan fingerprint density at radius 3 is 2.33 bits per heavy atom. The van der Waals surface area contributed by atoms with Crippen molar-refractivity contribution < 1.29 is 14.6 Å². The van der Waals surface area contributed by atoms with Crippen LogP contribution in [-0.2, 0) is 0 Å². The van der Waals surface area contributed by atoms with Gasteiger partial charge in [-0.2, -0.15) is 0 Å². The van der Waals surface area contributed by atoms with Crippen LogP contribution in [0.15, 0.2) is 66.7 Å². The third-order valence-corrected chi connectivity index (χ3v) is 4.74. The summed E-state index contributed by atoms with van der Waals surface area (Å²) in [5.74, 6) is 1.83. The molecule has 0 bridgehead atoms. The topological polar surface area (TPSA) is 38.7 Å². The Bertz CT molecular complexity index is 838. The van der Waals surface area contributed by atoms with Crippen molar-refractivity contribution in [2.45, 2.75) is 38.7 Å². The van der Waals surface area contributed by atoms with Gasteiger partial charge in [0, 0.05) is 11.8 Å². The van der Waals surface area contributed by atoms with Gasteiger partial charge in [-0.1, -0.05) is 54.6 Å². The van der Waals surface area contributed by atoms with Crippen LogP contribution in [0.3, 0.4) is 0 Å². The van der Waals surface area contributed by atoms with Crippen molar-refractivity contribution in [3.63, 3.8) is 0 Å². The van der Waals surface area contributed by atoms with E-state index in [1.54, 1.807) is 0 Å². The average molecular weight is 364 g/mol. The van der Waals surface area contributed by atoms with Gasteiger partial charge in [0.2, 0.25) is 0 Å². The summed E-state index contributed by atoms with van der Waals surface area (Å²) in [5, 5.41) is 12.5. The van der Waals surface area contributed by atoms with E-state index in [-0.39, 0.29) is 6.10 Å². The summed E-state index contributed by atoms with van der Waals surface area (Å²) in [4.78, 5) is 0. The minimum Gasteiger partial charge on any atom is -0.493 e. The van der Waals surface area contributed by atoms with E-state index in [2.05, 4.69) is 31.2 Å². The third-order valence-electron chi connectivity index (χ3n) is 4.74. The highest BCUT2D eigenvalue weighted by molar-refractivity contribution is 5.88. The monoisotopic (exact) mass is 364 g/mol. The maximum Gasteiger partial charge on any atom is 0.127 e. The molecule has 0 aliphatic carbocycles. The second-order valence-corrected chi connectivity index (χ2v) is 6.88. The van der Waals surface area contributed by atoms with Gasteiger partial charge in [0.15, 0.2) is 0 Å². The number of aryl methyl sites for hydroxylation is 1. The number of aliphatic hydroxyl groups is 1. The predicted molar refractivity (Wildman–Crippen MR) is 111 cm³/mol. The summed E-state index contributed by atoms with van der Waals surface area (Å²) >= 11 is 0. The van der Waals surface area contributed by atoms with Crippen LogP contribution in [0.25, 0.3) is 10.8 Å². The number of para-hydroxylation sites is 1. The van der Waals surface area contributed by atoms with Crippen molar-refractivity contribution >= 4 is 10.8 Å². The van der Waals surface area contributed by atoms with Crippen molar-refractivity contribution in [1.29, 1.82) is 0 Å². The number of benzene rings is 3. The van der Waals surface area contributed by atoms with Crippen LogP contribution in [0.1, 0.15) is 31.2 Å². The summed E-state index contributed by atoms with van der Waals surface area (Å²) in [5.41, 5.74) is 1.16. The minimum absolute atomic E-state index is 0.335. The lowest BCUT2D eigenvalue weighted by molar-refractivity contribution is 0.126. The summed E-state index contributed by atoms with van der Waals surface area (Å²) in [6, 6.07) is 22.3. The van der Waals surface area contributed by atoms with Gasteiger partial charge in [-0.15, -0.1) is 0 Å². The van der Waals surface area contributed by atoms with E-state index >= 15 is 0 Å². The van der Waals surface area contributed by atoms with Crippen LogP contribution in [0.4, 0.5) is 0 Å². The lowest BCUT2D eigenvalue weighted by Crippen LogP contribution is -2.12. The molecule has 142 valence electrons. The number of ether oxygens (including phenoxy) is 2. The Hall–Kier alpha value is -2.52. The van der Waals surface area contributed by atoms with Crippen LogP contribution in [0.5, 0.6) is 11.5 Å². The molecule has 1 N–H and O–H groups in total. The smallest absolute Gasteiger partial charge is 0.127 e. The second-order valence-electron chi connectivity index (χ2n) is 6.88. The molecule has 1 atom stereocenters. The third kappa shape index (κ3) is 5.73. The molecule has 0 saturated heterocycles. The Morgan fingerprint density at radius 2 is 1.44 bits per heavy atom. The van der Waals surface area contributed by atoms with Crippen LogP contribution in [-0.4, -0.2) is 24.4 Å². The molecule has 0 amide bonds. The second kappa shape index (κ2) is 9.98. The van der Waals surface area contributed by atoms with E-state index in [4.69, 9.17) is 9.47 Å². The number of hydrogen-bond acceptors (Lipinski definition) is 3. The zero-order valence-corrected chi connectivity index (χ0v) is 15.9. The standard InChI is InChI=1S/C24H28O3/c1-19-9-2-5-14-23(19)26-17-7-6-12-21(25)16-18-27-24-15-8-11-20-10-3-4-13-22(20)24/h2-5,8-11,13-15,21,25H,6-7,12,16-18H2,1H3. The van der Waals surface area contributed by atoms with Gasteiger partial charge >= 0.3 is 0 Å². The molecule has 3 nitrogen and oxygen atoms in total. The van der Waals surface area contributed by atoms with Gasteiger partial charge < -0.3 is 14.6 Å². The van der Waals surface area contributed by atoms with E-state index in [9.17, 15) is 5.11 Å². The fourth-order valence-electron chi connectivity index (χ4n) is 3.15. The van der Waals surface area contributed by atoms with Gasteiger partial charge in [0.25, 0.3) is 0 Å². The van der Waals surface area contributed by atoms with Gasteiger partial charge in [-0.25, -0.2) is 0 Å². The van der Waals surface area contributed by atoms with Gasteiger partial charge in [-0.05, 0) is 49.3 Å². The molecule has 0 heterocycles. The number of unbranched alkanes of at least 4 members (excludes halogenated alkanes) is 1. The normalized spacial score (nSPS) is 12.1. The summed E-state index contributed by atoms with van der Waals surface area (Å²) in [6.45, 7) is 3.26. The largest absolute Gasteiger partial charge is 0.493 e. The van der Waals surface area contributed by atoms with Crippen LogP contribution < -0.4 is 9.47 Å².